The topological polar surface area (TPSA) is 86.9 Å². The Kier molecular flexibility index (Phi) is 4.96. The van der Waals surface area contributed by atoms with E-state index in [0.717, 1.165) is 39.8 Å². The summed E-state index contributed by atoms with van der Waals surface area (Å²) in [6.45, 7) is 8.10. The summed E-state index contributed by atoms with van der Waals surface area (Å²) in [4.78, 5) is 34.8. The van der Waals surface area contributed by atoms with Crippen LogP contribution in [0, 0.1) is 12.3 Å². The number of carbonyl (C=O) groups excluding carboxylic acids is 2. The highest BCUT2D eigenvalue weighted by molar-refractivity contribution is 6.10. The van der Waals surface area contributed by atoms with Crippen molar-refractivity contribution in [3.63, 3.8) is 0 Å². The third-order valence-electron chi connectivity index (χ3n) is 6.57. The normalized spacial score (nSPS) is 20.0. The number of dihydropyridines is 1. The third kappa shape index (κ3) is 3.75. The minimum Gasteiger partial charge on any atom is -0.362 e. The Morgan fingerprint density at radius 2 is 1.94 bits per heavy atom. The number of carbonyl (C=O) groups is 2. The van der Waals surface area contributed by atoms with Crippen LogP contribution >= 0.6 is 0 Å². The van der Waals surface area contributed by atoms with Crippen molar-refractivity contribution in [3.05, 3.63) is 82.5 Å². The fourth-order valence-corrected chi connectivity index (χ4v) is 5.17. The van der Waals surface area contributed by atoms with Crippen LogP contribution in [0.15, 0.2) is 71.3 Å². The molecule has 6 heteroatoms. The van der Waals surface area contributed by atoms with Gasteiger partial charge in [0.2, 0.25) is 0 Å². The molecule has 3 N–H and O–H groups in total. The maximum absolute atomic E-state index is 13.6. The number of hydrogen-bond acceptors (Lipinski definition) is 4. The molecule has 6 nitrogen and oxygen atoms in total. The second-order valence-electron chi connectivity index (χ2n) is 9.89. The molecule has 168 valence electrons. The number of aryl methyl sites for hydroxylation is 1. The molecule has 1 aliphatic carbocycles. The second kappa shape index (κ2) is 7.73. The minimum atomic E-state index is -0.453. The number of aromatic nitrogens is 2. The second-order valence-corrected chi connectivity index (χ2v) is 9.89. The van der Waals surface area contributed by atoms with Gasteiger partial charge in [0, 0.05) is 58.2 Å². The lowest BCUT2D eigenvalue weighted by molar-refractivity contribution is -0.118. The standard InChI is InChI=1S/C27H28N4O2/c1-15-9-10-28-22(11-15)31-26(33)23-16(2)30-20-12-27(3,4)13-21(32)25(20)24(23)18-14-29-19-8-6-5-7-17(18)19/h5-11,14,24,29-30H,12-13H2,1-4H3,(H,28,31,33). The number of amides is 1. The molecule has 0 spiro atoms. The fraction of sp³-hybridized carbons (Fsp3) is 0.296. The Hall–Kier alpha value is -3.67. The van der Waals surface area contributed by atoms with Gasteiger partial charge in [-0.3, -0.25) is 9.59 Å². The Morgan fingerprint density at radius 3 is 2.73 bits per heavy atom. The number of hydrogen-bond donors (Lipinski definition) is 3. The number of para-hydroxylation sites is 1. The van der Waals surface area contributed by atoms with Crippen LogP contribution < -0.4 is 10.6 Å². The summed E-state index contributed by atoms with van der Waals surface area (Å²) in [5.74, 6) is -0.118. The number of nitrogens with one attached hydrogen (secondary N) is 3. The van der Waals surface area contributed by atoms with Crippen molar-refractivity contribution in [3.8, 4) is 0 Å². The molecule has 0 saturated carbocycles. The average molecular weight is 441 g/mol. The van der Waals surface area contributed by atoms with E-state index in [1.54, 1.807) is 6.20 Å². The quantitative estimate of drug-likeness (QED) is 0.528. The lowest BCUT2D eigenvalue weighted by atomic mass is 9.68. The number of H-pyrrole nitrogens is 1. The van der Waals surface area contributed by atoms with Crippen molar-refractivity contribution in [2.45, 2.75) is 46.5 Å². The first-order chi connectivity index (χ1) is 15.7. The first kappa shape index (κ1) is 21.2. The van der Waals surface area contributed by atoms with Gasteiger partial charge in [0.05, 0.1) is 0 Å². The number of aromatic amines is 1. The molecule has 1 unspecified atom stereocenters. The van der Waals surface area contributed by atoms with Gasteiger partial charge in [-0.15, -0.1) is 0 Å². The average Bonchev–Trinajstić information content (AvgIpc) is 3.15. The summed E-state index contributed by atoms with van der Waals surface area (Å²) >= 11 is 0. The van der Waals surface area contributed by atoms with Crippen LogP contribution in [0.2, 0.25) is 0 Å². The van der Waals surface area contributed by atoms with Crippen LogP contribution in [0.25, 0.3) is 10.9 Å². The zero-order valence-corrected chi connectivity index (χ0v) is 19.4. The minimum absolute atomic E-state index is 0.0931. The van der Waals surface area contributed by atoms with Gasteiger partial charge < -0.3 is 15.6 Å². The molecular formula is C27H28N4O2. The SMILES string of the molecule is CC1=C(C(=O)Nc2cc(C)ccn2)C(c2c[nH]c3ccccc23)C2=C(CC(C)(C)CC2=O)N1. The van der Waals surface area contributed by atoms with E-state index in [1.165, 1.54) is 0 Å². The van der Waals surface area contributed by atoms with Gasteiger partial charge >= 0.3 is 0 Å². The van der Waals surface area contributed by atoms with Gasteiger partial charge in [-0.1, -0.05) is 32.0 Å². The number of nitrogens with zero attached hydrogens (tertiary/aromatic N) is 1. The van der Waals surface area contributed by atoms with Crippen LogP contribution in [0.1, 0.15) is 50.7 Å². The maximum Gasteiger partial charge on any atom is 0.255 e. The number of pyridine rings is 1. The first-order valence-electron chi connectivity index (χ1n) is 11.3. The van der Waals surface area contributed by atoms with E-state index in [0.29, 0.717) is 23.4 Å². The van der Waals surface area contributed by atoms with Crippen molar-refractivity contribution < 1.29 is 9.59 Å². The molecule has 0 bridgehead atoms. The lowest BCUT2D eigenvalue weighted by Crippen LogP contribution is -2.39. The van der Waals surface area contributed by atoms with E-state index in [1.807, 2.05) is 56.4 Å². The van der Waals surface area contributed by atoms with Crippen LogP contribution in [0.4, 0.5) is 5.82 Å². The van der Waals surface area contributed by atoms with Crippen LogP contribution in [0.5, 0.6) is 0 Å². The molecule has 1 aliphatic heterocycles. The van der Waals surface area contributed by atoms with Crippen molar-refractivity contribution in [2.75, 3.05) is 5.32 Å². The zero-order chi connectivity index (χ0) is 23.3. The fourth-order valence-electron chi connectivity index (χ4n) is 5.17. The lowest BCUT2D eigenvalue weighted by Gasteiger charge is -2.39. The summed E-state index contributed by atoms with van der Waals surface area (Å²) in [7, 11) is 0. The smallest absolute Gasteiger partial charge is 0.255 e. The summed E-state index contributed by atoms with van der Waals surface area (Å²) in [6, 6.07) is 11.7. The molecule has 3 aromatic rings. The predicted octanol–water partition coefficient (Wildman–Crippen LogP) is 5.11. The molecule has 0 fully saturated rings. The van der Waals surface area contributed by atoms with E-state index >= 15 is 0 Å². The van der Waals surface area contributed by atoms with E-state index < -0.39 is 5.92 Å². The van der Waals surface area contributed by atoms with Gasteiger partial charge in [0.15, 0.2) is 5.78 Å². The number of ketones is 1. The molecule has 2 aromatic heterocycles. The van der Waals surface area contributed by atoms with Gasteiger partial charge in [-0.2, -0.15) is 0 Å². The van der Waals surface area contributed by atoms with Gasteiger partial charge in [0.25, 0.3) is 5.91 Å². The highest BCUT2D eigenvalue weighted by atomic mass is 16.2. The van der Waals surface area contributed by atoms with E-state index in [-0.39, 0.29) is 17.1 Å². The van der Waals surface area contributed by atoms with Gasteiger partial charge in [0.1, 0.15) is 5.82 Å². The highest BCUT2D eigenvalue weighted by Crippen LogP contribution is 2.48. The zero-order valence-electron chi connectivity index (χ0n) is 19.4. The molecule has 5 rings (SSSR count). The predicted molar refractivity (Wildman–Crippen MR) is 130 cm³/mol. The Balaban J connectivity index is 1.66. The van der Waals surface area contributed by atoms with E-state index in [2.05, 4.69) is 34.4 Å². The molecule has 0 radical (unpaired) electrons. The maximum atomic E-state index is 13.6. The molecule has 1 atom stereocenters. The summed E-state index contributed by atoms with van der Waals surface area (Å²) in [5.41, 5.74) is 5.74. The molecular weight excluding hydrogens is 412 g/mol. The van der Waals surface area contributed by atoms with Crippen molar-refractivity contribution in [1.29, 1.82) is 0 Å². The molecule has 1 amide bonds. The van der Waals surface area contributed by atoms with Gasteiger partial charge in [-0.05, 0) is 55.0 Å². The largest absolute Gasteiger partial charge is 0.362 e. The van der Waals surface area contributed by atoms with Crippen molar-refractivity contribution in [2.24, 2.45) is 5.41 Å². The summed E-state index contributed by atoms with van der Waals surface area (Å²) < 4.78 is 0. The molecule has 0 saturated heterocycles. The summed E-state index contributed by atoms with van der Waals surface area (Å²) in [6.07, 6.45) is 4.83. The Labute approximate surface area is 193 Å². The molecule has 33 heavy (non-hydrogen) atoms. The molecule has 2 aliphatic rings. The monoisotopic (exact) mass is 440 g/mol. The third-order valence-corrected chi connectivity index (χ3v) is 6.57. The Bertz CT molecular complexity index is 1360. The number of benzene rings is 1. The number of anilines is 1. The Morgan fingerprint density at radius 1 is 1.15 bits per heavy atom. The van der Waals surface area contributed by atoms with Crippen LogP contribution in [-0.4, -0.2) is 21.7 Å². The number of fused-ring (bicyclic) bond motifs is 1. The van der Waals surface area contributed by atoms with E-state index in [9.17, 15) is 9.59 Å². The number of Topliss-reactive ketones (excluding diaryl/α,β-unsaturated/α-hetero) is 1. The number of rotatable bonds is 3. The van der Waals surface area contributed by atoms with Crippen LogP contribution in [0.3, 0.4) is 0 Å². The number of allylic oxidation sites excluding steroid dienone is 3. The van der Waals surface area contributed by atoms with Gasteiger partial charge in [-0.25, -0.2) is 4.98 Å². The summed E-state index contributed by atoms with van der Waals surface area (Å²) in [5, 5.41) is 7.39. The van der Waals surface area contributed by atoms with E-state index in [4.69, 9.17) is 0 Å². The molecule has 1 aromatic carbocycles. The highest BCUT2D eigenvalue weighted by Gasteiger charge is 2.43. The first-order valence-corrected chi connectivity index (χ1v) is 11.3. The van der Waals surface area contributed by atoms with Crippen molar-refractivity contribution in [1.82, 2.24) is 15.3 Å². The van der Waals surface area contributed by atoms with Crippen molar-refractivity contribution >= 4 is 28.4 Å². The van der Waals surface area contributed by atoms with Crippen LogP contribution in [-0.2, 0) is 9.59 Å². The molecule has 3 heterocycles.